The van der Waals surface area contributed by atoms with E-state index in [2.05, 4.69) is 19.2 Å². The van der Waals surface area contributed by atoms with Gasteiger partial charge in [-0.05, 0) is 42.9 Å². The molecule has 1 saturated heterocycles. The molecule has 1 heterocycles. The molecule has 1 aromatic carbocycles. The van der Waals surface area contributed by atoms with E-state index in [0.29, 0.717) is 5.92 Å². The van der Waals surface area contributed by atoms with Crippen molar-refractivity contribution in [2.24, 2.45) is 5.92 Å². The number of carbonyl (C=O) groups excluding carboxylic acids is 1. The number of nitrogens with one attached hydrogen (secondary N) is 1. The lowest BCUT2D eigenvalue weighted by Gasteiger charge is -2.25. The third-order valence-corrected chi connectivity index (χ3v) is 4.03. The maximum absolute atomic E-state index is 13.1. The fraction of sp³-hybridized carbons (Fsp3) is 0.588. The van der Waals surface area contributed by atoms with Gasteiger partial charge in [-0.2, -0.15) is 0 Å². The van der Waals surface area contributed by atoms with Crippen LogP contribution < -0.4 is 5.32 Å². The number of benzene rings is 1. The summed E-state index contributed by atoms with van der Waals surface area (Å²) in [5.41, 5.74) is 0.949. The zero-order valence-electron chi connectivity index (χ0n) is 13.1. The van der Waals surface area contributed by atoms with E-state index >= 15 is 0 Å². The van der Waals surface area contributed by atoms with Crippen molar-refractivity contribution in [2.75, 3.05) is 6.54 Å². The molecule has 0 aromatic heterocycles. The minimum absolute atomic E-state index is 0.126. The number of rotatable bonds is 6. The van der Waals surface area contributed by atoms with E-state index in [-0.39, 0.29) is 23.9 Å². The first-order valence-electron chi connectivity index (χ1n) is 7.85. The highest BCUT2D eigenvalue weighted by Crippen LogP contribution is 2.27. The van der Waals surface area contributed by atoms with Gasteiger partial charge >= 0.3 is 0 Å². The van der Waals surface area contributed by atoms with E-state index in [1.807, 2.05) is 11.8 Å². The number of amides is 1. The van der Waals surface area contributed by atoms with Crippen molar-refractivity contribution < 1.29 is 9.18 Å². The molecule has 21 heavy (non-hydrogen) atoms. The minimum Gasteiger partial charge on any atom is -0.322 e. The Kier molecular flexibility index (Phi) is 5.34. The summed E-state index contributed by atoms with van der Waals surface area (Å²) in [6, 6.07) is 6.29. The average molecular weight is 292 g/mol. The lowest BCUT2D eigenvalue weighted by Crippen LogP contribution is -2.32. The lowest BCUT2D eigenvalue weighted by atomic mass is 10.1. The van der Waals surface area contributed by atoms with Crippen molar-refractivity contribution in [3.05, 3.63) is 35.6 Å². The predicted octanol–water partition coefficient (Wildman–Crippen LogP) is 3.47. The zero-order chi connectivity index (χ0) is 15.4. The molecule has 1 aromatic rings. The van der Waals surface area contributed by atoms with Gasteiger partial charge < -0.3 is 4.90 Å². The van der Waals surface area contributed by atoms with Crippen molar-refractivity contribution in [2.45, 2.75) is 52.2 Å². The summed E-state index contributed by atoms with van der Waals surface area (Å²) in [7, 11) is 0. The second-order valence-electron chi connectivity index (χ2n) is 6.15. The van der Waals surface area contributed by atoms with Crippen LogP contribution in [-0.4, -0.2) is 23.4 Å². The Morgan fingerprint density at radius 1 is 1.29 bits per heavy atom. The summed E-state index contributed by atoms with van der Waals surface area (Å²) in [4.78, 5) is 14.4. The Hall–Kier alpha value is -1.42. The van der Waals surface area contributed by atoms with Gasteiger partial charge in [-0.3, -0.25) is 10.1 Å². The van der Waals surface area contributed by atoms with Crippen LogP contribution >= 0.6 is 0 Å². The van der Waals surface area contributed by atoms with Gasteiger partial charge in [0, 0.05) is 6.54 Å². The molecule has 0 bridgehead atoms. The lowest BCUT2D eigenvalue weighted by molar-refractivity contribution is -0.130. The first kappa shape index (κ1) is 16.0. The SMILES string of the molecule is CCC1NC(c2ccc(F)cc2)N(CCCC(C)C)C1=O. The van der Waals surface area contributed by atoms with Crippen molar-refractivity contribution in [3.8, 4) is 0 Å². The predicted molar refractivity (Wildman–Crippen MR) is 82.1 cm³/mol. The van der Waals surface area contributed by atoms with Crippen LogP contribution in [0.3, 0.4) is 0 Å². The van der Waals surface area contributed by atoms with Crippen LogP contribution in [0.5, 0.6) is 0 Å². The van der Waals surface area contributed by atoms with E-state index in [4.69, 9.17) is 0 Å². The first-order chi connectivity index (χ1) is 10.0. The smallest absolute Gasteiger partial charge is 0.241 e. The van der Waals surface area contributed by atoms with Gasteiger partial charge in [-0.25, -0.2) is 4.39 Å². The van der Waals surface area contributed by atoms with E-state index in [0.717, 1.165) is 31.4 Å². The van der Waals surface area contributed by atoms with E-state index in [1.54, 1.807) is 12.1 Å². The minimum atomic E-state index is -0.249. The highest BCUT2D eigenvalue weighted by Gasteiger charge is 2.38. The summed E-state index contributed by atoms with van der Waals surface area (Å²) in [6.45, 7) is 7.14. The Balaban J connectivity index is 2.12. The quantitative estimate of drug-likeness (QED) is 0.870. The molecule has 0 aliphatic carbocycles. The van der Waals surface area contributed by atoms with E-state index in [9.17, 15) is 9.18 Å². The summed E-state index contributed by atoms with van der Waals surface area (Å²) in [6.07, 6.45) is 2.75. The molecule has 1 amide bonds. The largest absolute Gasteiger partial charge is 0.322 e. The van der Waals surface area contributed by atoms with Gasteiger partial charge in [-0.1, -0.05) is 32.9 Å². The molecule has 1 fully saturated rings. The van der Waals surface area contributed by atoms with Crippen LogP contribution in [0.2, 0.25) is 0 Å². The van der Waals surface area contributed by atoms with E-state index < -0.39 is 0 Å². The van der Waals surface area contributed by atoms with Crippen LogP contribution in [0.15, 0.2) is 24.3 Å². The molecule has 0 spiro atoms. The maximum Gasteiger partial charge on any atom is 0.241 e. The fourth-order valence-electron chi connectivity index (χ4n) is 2.80. The summed E-state index contributed by atoms with van der Waals surface area (Å²) in [5, 5.41) is 3.37. The Morgan fingerprint density at radius 2 is 1.95 bits per heavy atom. The van der Waals surface area contributed by atoms with Gasteiger partial charge in [0.05, 0.1) is 6.04 Å². The fourth-order valence-corrected chi connectivity index (χ4v) is 2.80. The van der Waals surface area contributed by atoms with Gasteiger partial charge in [0.25, 0.3) is 0 Å². The van der Waals surface area contributed by atoms with Crippen LogP contribution in [0, 0.1) is 11.7 Å². The monoisotopic (exact) mass is 292 g/mol. The van der Waals surface area contributed by atoms with Gasteiger partial charge in [0.2, 0.25) is 5.91 Å². The van der Waals surface area contributed by atoms with Gasteiger partial charge in [-0.15, -0.1) is 0 Å². The third kappa shape index (κ3) is 3.82. The average Bonchev–Trinajstić information content (AvgIpc) is 2.76. The first-order valence-corrected chi connectivity index (χ1v) is 7.85. The molecule has 0 saturated carbocycles. The van der Waals surface area contributed by atoms with Crippen molar-refractivity contribution >= 4 is 5.91 Å². The van der Waals surface area contributed by atoms with Crippen molar-refractivity contribution in [3.63, 3.8) is 0 Å². The maximum atomic E-state index is 13.1. The van der Waals surface area contributed by atoms with Gasteiger partial charge in [0.1, 0.15) is 12.0 Å². The highest BCUT2D eigenvalue weighted by atomic mass is 19.1. The molecule has 2 atom stereocenters. The van der Waals surface area contributed by atoms with E-state index in [1.165, 1.54) is 12.1 Å². The van der Waals surface area contributed by atoms with Crippen LogP contribution in [0.1, 0.15) is 51.8 Å². The zero-order valence-corrected chi connectivity index (χ0v) is 13.1. The Morgan fingerprint density at radius 3 is 2.52 bits per heavy atom. The van der Waals surface area contributed by atoms with Crippen molar-refractivity contribution in [1.82, 2.24) is 10.2 Å². The second kappa shape index (κ2) is 7.03. The van der Waals surface area contributed by atoms with Gasteiger partial charge in [0.15, 0.2) is 0 Å². The van der Waals surface area contributed by atoms with Crippen LogP contribution in [0.25, 0.3) is 0 Å². The summed E-state index contributed by atoms with van der Waals surface area (Å²) >= 11 is 0. The molecule has 116 valence electrons. The molecule has 0 radical (unpaired) electrons. The van der Waals surface area contributed by atoms with Crippen LogP contribution in [-0.2, 0) is 4.79 Å². The number of hydrogen-bond acceptors (Lipinski definition) is 2. The molecule has 1 aliphatic heterocycles. The number of carbonyl (C=O) groups is 1. The molecule has 1 aliphatic rings. The molecule has 4 heteroatoms. The Bertz CT molecular complexity index is 472. The molecular formula is C17H25FN2O. The van der Waals surface area contributed by atoms with Crippen LogP contribution in [0.4, 0.5) is 4.39 Å². The summed E-state index contributed by atoms with van der Waals surface area (Å²) in [5.74, 6) is 0.555. The summed E-state index contributed by atoms with van der Waals surface area (Å²) < 4.78 is 13.1. The molecular weight excluding hydrogens is 267 g/mol. The molecule has 2 unspecified atom stereocenters. The standard InChI is InChI=1S/C17H25FN2O/c1-4-15-17(21)20(11-5-6-12(2)3)16(19-15)13-7-9-14(18)10-8-13/h7-10,12,15-16,19H,4-6,11H2,1-3H3. The molecule has 3 nitrogen and oxygen atoms in total. The normalized spacial score (nSPS) is 22.3. The topological polar surface area (TPSA) is 32.3 Å². The third-order valence-electron chi connectivity index (χ3n) is 4.03. The highest BCUT2D eigenvalue weighted by molar-refractivity contribution is 5.84. The molecule has 2 rings (SSSR count). The second-order valence-corrected chi connectivity index (χ2v) is 6.15. The Labute approximate surface area is 126 Å². The number of hydrogen-bond donors (Lipinski definition) is 1. The number of nitrogens with zero attached hydrogens (tertiary/aromatic N) is 1. The number of halogens is 1. The molecule has 1 N–H and O–H groups in total. The van der Waals surface area contributed by atoms with Crippen molar-refractivity contribution in [1.29, 1.82) is 0 Å².